The van der Waals surface area contributed by atoms with Gasteiger partial charge in [0.1, 0.15) is 17.3 Å². The van der Waals surface area contributed by atoms with Crippen LogP contribution >= 0.6 is 11.6 Å². The molecule has 0 fully saturated rings. The summed E-state index contributed by atoms with van der Waals surface area (Å²) in [4.78, 5) is 19.0. The molecule has 1 heterocycles. The fourth-order valence-corrected chi connectivity index (χ4v) is 1.21. The van der Waals surface area contributed by atoms with E-state index in [0.29, 0.717) is 5.82 Å². The van der Waals surface area contributed by atoms with Gasteiger partial charge >= 0.3 is 0 Å². The van der Waals surface area contributed by atoms with Gasteiger partial charge in [-0.05, 0) is 0 Å². The van der Waals surface area contributed by atoms with Crippen LogP contribution in [0.3, 0.4) is 0 Å². The molecule has 7 heteroatoms. The van der Waals surface area contributed by atoms with Crippen LogP contribution in [0, 0.1) is 0 Å². The van der Waals surface area contributed by atoms with Crippen molar-refractivity contribution in [1.29, 1.82) is 0 Å². The molecule has 0 bridgehead atoms. The van der Waals surface area contributed by atoms with Crippen molar-refractivity contribution in [2.75, 3.05) is 19.0 Å². The highest BCUT2D eigenvalue weighted by molar-refractivity contribution is 6.29. The second kappa shape index (κ2) is 6.37. The Morgan fingerprint density at radius 2 is 2.44 bits per heavy atom. The van der Waals surface area contributed by atoms with E-state index < -0.39 is 0 Å². The van der Waals surface area contributed by atoms with Gasteiger partial charge < -0.3 is 15.8 Å². The number of carbonyl (C=O) groups is 1. The zero-order valence-corrected chi connectivity index (χ0v) is 9.57. The first kappa shape index (κ1) is 12.8. The quantitative estimate of drug-likeness (QED) is 0.734. The van der Waals surface area contributed by atoms with Gasteiger partial charge in [0.2, 0.25) is 5.91 Å². The molecular weight excluding hydrogens is 232 g/mol. The van der Waals surface area contributed by atoms with Crippen molar-refractivity contribution in [3.8, 4) is 0 Å². The molecule has 0 saturated heterocycles. The van der Waals surface area contributed by atoms with Crippen LogP contribution in [-0.2, 0) is 9.53 Å². The summed E-state index contributed by atoms with van der Waals surface area (Å²) in [5.74, 6) is 0.129. The van der Waals surface area contributed by atoms with Crippen LogP contribution in [0.5, 0.6) is 0 Å². The molecule has 1 amide bonds. The van der Waals surface area contributed by atoms with E-state index in [4.69, 9.17) is 22.1 Å². The molecule has 0 saturated carbocycles. The van der Waals surface area contributed by atoms with Gasteiger partial charge in [-0.25, -0.2) is 9.97 Å². The highest BCUT2D eigenvalue weighted by Gasteiger charge is 2.11. The smallest absolute Gasteiger partial charge is 0.228 e. The molecule has 0 aliphatic rings. The first-order valence-electron chi connectivity index (χ1n) is 4.66. The van der Waals surface area contributed by atoms with E-state index in [9.17, 15) is 4.79 Å². The summed E-state index contributed by atoms with van der Waals surface area (Å²) < 4.78 is 4.99. The molecule has 3 N–H and O–H groups in total. The Hall–Kier alpha value is -1.24. The van der Waals surface area contributed by atoms with Crippen LogP contribution < -0.4 is 11.1 Å². The molecule has 1 aromatic rings. The van der Waals surface area contributed by atoms with Crippen molar-refractivity contribution in [1.82, 2.24) is 9.97 Å². The van der Waals surface area contributed by atoms with E-state index in [-0.39, 0.29) is 30.1 Å². The molecule has 6 nitrogen and oxygen atoms in total. The monoisotopic (exact) mass is 244 g/mol. The zero-order valence-electron chi connectivity index (χ0n) is 8.81. The lowest BCUT2D eigenvalue weighted by molar-refractivity contribution is -0.118. The number of carbonyl (C=O) groups excluding carboxylic acids is 1. The number of rotatable bonds is 5. The van der Waals surface area contributed by atoms with Crippen LogP contribution in [0.2, 0.25) is 5.15 Å². The molecule has 0 aromatic carbocycles. The Morgan fingerprint density at radius 1 is 1.69 bits per heavy atom. The third kappa shape index (κ3) is 4.09. The lowest BCUT2D eigenvalue weighted by Gasteiger charge is -2.12. The number of amides is 1. The number of nitrogens with one attached hydrogen (secondary N) is 1. The number of ether oxygens (including phenoxy) is 1. The van der Waals surface area contributed by atoms with Crippen LogP contribution in [0.15, 0.2) is 12.4 Å². The van der Waals surface area contributed by atoms with Gasteiger partial charge in [-0.1, -0.05) is 11.6 Å². The highest BCUT2D eigenvalue weighted by atomic mass is 35.5. The third-order valence-electron chi connectivity index (χ3n) is 1.91. The third-order valence-corrected chi connectivity index (χ3v) is 2.12. The number of methoxy groups -OCH3 is 1. The summed E-state index contributed by atoms with van der Waals surface area (Å²) in [7, 11) is 1.51. The lowest BCUT2D eigenvalue weighted by atomic mass is 10.2. The van der Waals surface area contributed by atoms with Gasteiger partial charge in [-0.2, -0.15) is 0 Å². The summed E-state index contributed by atoms with van der Waals surface area (Å²) in [6.45, 7) is 0.286. The minimum absolute atomic E-state index is 0.175. The van der Waals surface area contributed by atoms with Crippen LogP contribution in [-0.4, -0.2) is 35.6 Å². The fraction of sp³-hybridized carbons (Fsp3) is 0.444. The van der Waals surface area contributed by atoms with E-state index in [1.165, 1.54) is 19.5 Å². The van der Waals surface area contributed by atoms with E-state index >= 15 is 0 Å². The first-order chi connectivity index (χ1) is 7.65. The second-order valence-corrected chi connectivity index (χ2v) is 3.46. The van der Waals surface area contributed by atoms with Crippen molar-refractivity contribution in [3.63, 3.8) is 0 Å². The zero-order chi connectivity index (χ0) is 12.0. The van der Waals surface area contributed by atoms with Crippen LogP contribution in [0.25, 0.3) is 0 Å². The molecule has 0 radical (unpaired) electrons. The van der Waals surface area contributed by atoms with Gasteiger partial charge in [0.15, 0.2) is 0 Å². The highest BCUT2D eigenvalue weighted by Crippen LogP contribution is 2.09. The molecule has 0 aliphatic heterocycles. The first-order valence-corrected chi connectivity index (χ1v) is 5.03. The molecule has 16 heavy (non-hydrogen) atoms. The van der Waals surface area contributed by atoms with Crippen molar-refractivity contribution in [2.24, 2.45) is 5.73 Å². The van der Waals surface area contributed by atoms with Crippen molar-refractivity contribution < 1.29 is 9.53 Å². The standard InChI is InChI=1S/C9H13ClN4O2/c1-16-6(4-11)2-9(15)14-8-3-7(10)12-5-13-8/h3,5-6H,2,4,11H2,1H3,(H,12,13,14,15). The molecule has 0 aliphatic carbocycles. The summed E-state index contributed by atoms with van der Waals surface area (Å²) in [5.41, 5.74) is 5.40. The molecule has 1 unspecified atom stereocenters. The minimum Gasteiger partial charge on any atom is -0.380 e. The van der Waals surface area contributed by atoms with E-state index in [0.717, 1.165) is 0 Å². The molecular formula is C9H13ClN4O2. The molecule has 88 valence electrons. The molecule has 0 spiro atoms. The van der Waals surface area contributed by atoms with E-state index in [1.807, 2.05) is 0 Å². The largest absolute Gasteiger partial charge is 0.380 e. The SMILES string of the molecule is COC(CN)CC(=O)Nc1cc(Cl)ncn1. The van der Waals surface area contributed by atoms with Crippen molar-refractivity contribution in [2.45, 2.75) is 12.5 Å². The Bertz CT molecular complexity index is 357. The Labute approximate surface area is 98.2 Å². The average molecular weight is 245 g/mol. The predicted octanol–water partition coefficient (Wildman–Crippen LogP) is 0.432. The summed E-state index contributed by atoms with van der Waals surface area (Å²) in [5, 5.41) is 2.84. The van der Waals surface area contributed by atoms with E-state index in [2.05, 4.69) is 15.3 Å². The number of aromatic nitrogens is 2. The summed E-state index contributed by atoms with van der Waals surface area (Å²) in [6, 6.07) is 1.46. The van der Waals surface area contributed by atoms with Crippen molar-refractivity contribution in [3.05, 3.63) is 17.5 Å². The van der Waals surface area contributed by atoms with Gasteiger partial charge in [0.25, 0.3) is 0 Å². The number of hydrogen-bond donors (Lipinski definition) is 2. The topological polar surface area (TPSA) is 90.1 Å². The fourth-order valence-electron chi connectivity index (χ4n) is 1.07. The number of halogens is 1. The van der Waals surface area contributed by atoms with Crippen LogP contribution in [0.4, 0.5) is 5.82 Å². The second-order valence-electron chi connectivity index (χ2n) is 3.07. The maximum atomic E-state index is 11.5. The summed E-state index contributed by atoms with van der Waals surface area (Å²) >= 11 is 5.64. The lowest BCUT2D eigenvalue weighted by Crippen LogP contribution is -2.28. The maximum absolute atomic E-state index is 11.5. The molecule has 1 rings (SSSR count). The van der Waals surface area contributed by atoms with Crippen LogP contribution in [0.1, 0.15) is 6.42 Å². The Balaban J connectivity index is 2.51. The number of nitrogens with zero attached hydrogens (tertiary/aromatic N) is 2. The summed E-state index contributed by atoms with van der Waals surface area (Å²) in [6.07, 6.45) is 1.15. The van der Waals surface area contributed by atoms with Gasteiger partial charge in [0, 0.05) is 19.7 Å². The van der Waals surface area contributed by atoms with Gasteiger partial charge in [-0.15, -0.1) is 0 Å². The number of nitrogens with two attached hydrogens (primary N) is 1. The maximum Gasteiger partial charge on any atom is 0.228 e. The van der Waals surface area contributed by atoms with E-state index in [1.54, 1.807) is 0 Å². The average Bonchev–Trinajstić information content (AvgIpc) is 2.26. The number of hydrogen-bond acceptors (Lipinski definition) is 5. The van der Waals surface area contributed by atoms with Crippen molar-refractivity contribution >= 4 is 23.3 Å². The van der Waals surface area contributed by atoms with Gasteiger partial charge in [-0.3, -0.25) is 4.79 Å². The molecule has 1 atom stereocenters. The Morgan fingerprint density at radius 3 is 3.00 bits per heavy atom. The minimum atomic E-state index is -0.294. The predicted molar refractivity (Wildman–Crippen MR) is 60.1 cm³/mol. The number of anilines is 1. The van der Waals surface area contributed by atoms with Gasteiger partial charge in [0.05, 0.1) is 12.5 Å². The normalized spacial score (nSPS) is 12.2. The molecule has 1 aromatic heterocycles. The Kier molecular flexibility index (Phi) is 5.10.